The van der Waals surface area contributed by atoms with Crippen molar-refractivity contribution in [3.8, 4) is 0 Å². The lowest BCUT2D eigenvalue weighted by molar-refractivity contribution is 0.347. The van der Waals surface area contributed by atoms with E-state index in [1.54, 1.807) is 12.1 Å². The van der Waals surface area contributed by atoms with E-state index in [0.29, 0.717) is 23.0 Å². The summed E-state index contributed by atoms with van der Waals surface area (Å²) >= 11 is 12.3. The number of benzene rings is 1. The first-order chi connectivity index (χ1) is 8.68. The molecule has 0 spiro atoms. The number of nitrogens with one attached hydrogen (secondary N) is 1. The van der Waals surface area contributed by atoms with Gasteiger partial charge in [-0.25, -0.2) is 4.39 Å². The van der Waals surface area contributed by atoms with Crippen LogP contribution in [0.3, 0.4) is 0 Å². The maximum Gasteiger partial charge on any atom is 0.129 e. The Bertz CT molecular complexity index is 377. The monoisotopic (exact) mass is 289 g/mol. The lowest BCUT2D eigenvalue weighted by Crippen LogP contribution is -2.31. The molecule has 2 atom stereocenters. The molecule has 1 aliphatic carbocycles. The lowest BCUT2D eigenvalue weighted by atomic mass is 9.89. The van der Waals surface area contributed by atoms with Crippen molar-refractivity contribution in [1.29, 1.82) is 0 Å². The van der Waals surface area contributed by atoms with Crippen LogP contribution in [0.15, 0.2) is 18.2 Å². The summed E-state index contributed by atoms with van der Waals surface area (Å²) in [6, 6.07) is 4.78. The highest BCUT2D eigenvalue weighted by Gasteiger charge is 2.22. The van der Waals surface area contributed by atoms with E-state index in [1.807, 2.05) is 0 Å². The van der Waals surface area contributed by atoms with Crippen molar-refractivity contribution < 1.29 is 4.39 Å². The van der Waals surface area contributed by atoms with E-state index in [1.165, 1.54) is 18.9 Å². The minimum atomic E-state index is -0.249. The van der Waals surface area contributed by atoms with Crippen molar-refractivity contribution in [3.05, 3.63) is 34.6 Å². The summed E-state index contributed by atoms with van der Waals surface area (Å²) in [5.41, 5.74) is 0.543. The standard InChI is InChI=1S/C14H18Cl2FN/c15-12-5-2-1-4-10(12)8-18-9-11-13(16)6-3-7-14(11)17/h3,6-7,10,12,18H,1-2,4-5,8-9H2. The third-order valence-corrected chi connectivity index (χ3v) is 4.51. The molecule has 0 aliphatic heterocycles. The fourth-order valence-corrected chi connectivity index (χ4v) is 3.08. The molecule has 0 amide bonds. The van der Waals surface area contributed by atoms with Crippen molar-refractivity contribution in [1.82, 2.24) is 5.32 Å². The molecule has 0 bridgehead atoms. The highest BCUT2D eigenvalue weighted by atomic mass is 35.5. The lowest BCUT2D eigenvalue weighted by Gasteiger charge is -2.27. The molecule has 1 aliphatic rings. The SMILES string of the molecule is Fc1cccc(Cl)c1CNCC1CCCCC1Cl. The molecule has 0 radical (unpaired) electrons. The molecule has 0 aromatic heterocycles. The highest BCUT2D eigenvalue weighted by molar-refractivity contribution is 6.31. The molecule has 1 saturated carbocycles. The van der Waals surface area contributed by atoms with E-state index in [4.69, 9.17) is 23.2 Å². The van der Waals surface area contributed by atoms with Crippen LogP contribution in [-0.4, -0.2) is 11.9 Å². The second-order valence-electron chi connectivity index (χ2n) is 4.89. The first-order valence-electron chi connectivity index (χ1n) is 6.46. The molecule has 2 unspecified atom stereocenters. The largest absolute Gasteiger partial charge is 0.312 e. The van der Waals surface area contributed by atoms with Gasteiger partial charge in [0.15, 0.2) is 0 Å². The van der Waals surface area contributed by atoms with Gasteiger partial charge in [0.1, 0.15) is 5.82 Å². The zero-order valence-electron chi connectivity index (χ0n) is 10.3. The van der Waals surface area contributed by atoms with Gasteiger partial charge >= 0.3 is 0 Å². The van der Waals surface area contributed by atoms with Crippen LogP contribution in [0.1, 0.15) is 31.2 Å². The predicted molar refractivity (Wildman–Crippen MR) is 74.7 cm³/mol. The normalized spacial score (nSPS) is 24.2. The van der Waals surface area contributed by atoms with Crippen LogP contribution in [0.4, 0.5) is 4.39 Å². The molecule has 1 N–H and O–H groups in total. The Morgan fingerprint density at radius 1 is 1.28 bits per heavy atom. The number of rotatable bonds is 4. The molecular formula is C14H18Cl2FN. The fraction of sp³-hybridized carbons (Fsp3) is 0.571. The molecule has 100 valence electrons. The second kappa shape index (κ2) is 6.74. The Labute approximate surface area is 118 Å². The molecule has 0 saturated heterocycles. The van der Waals surface area contributed by atoms with Gasteiger partial charge < -0.3 is 5.32 Å². The van der Waals surface area contributed by atoms with Gasteiger partial charge in [-0.2, -0.15) is 0 Å². The Kier molecular flexibility index (Phi) is 5.28. The summed E-state index contributed by atoms with van der Waals surface area (Å²) in [7, 11) is 0. The van der Waals surface area contributed by atoms with Gasteiger partial charge in [-0.15, -0.1) is 11.6 Å². The Morgan fingerprint density at radius 3 is 2.78 bits per heavy atom. The molecule has 18 heavy (non-hydrogen) atoms. The van der Waals surface area contributed by atoms with Crippen molar-refractivity contribution in [2.75, 3.05) is 6.54 Å². The van der Waals surface area contributed by atoms with E-state index < -0.39 is 0 Å². The van der Waals surface area contributed by atoms with Gasteiger partial charge in [0.05, 0.1) is 0 Å². The van der Waals surface area contributed by atoms with Crippen LogP contribution in [0.5, 0.6) is 0 Å². The summed E-state index contributed by atoms with van der Waals surface area (Å²) in [6.07, 6.45) is 4.72. The molecular weight excluding hydrogens is 272 g/mol. The fourth-order valence-electron chi connectivity index (χ4n) is 2.48. The Hall–Kier alpha value is -0.310. The minimum Gasteiger partial charge on any atom is -0.312 e. The van der Waals surface area contributed by atoms with Crippen LogP contribution in [0.25, 0.3) is 0 Å². The van der Waals surface area contributed by atoms with E-state index >= 15 is 0 Å². The average Bonchev–Trinajstić information content (AvgIpc) is 2.35. The van der Waals surface area contributed by atoms with E-state index in [2.05, 4.69) is 5.32 Å². The van der Waals surface area contributed by atoms with Gasteiger partial charge in [0.2, 0.25) is 0 Å². The molecule has 1 aromatic carbocycles. The Morgan fingerprint density at radius 2 is 2.06 bits per heavy atom. The van der Waals surface area contributed by atoms with Gasteiger partial charge in [-0.1, -0.05) is 30.5 Å². The van der Waals surface area contributed by atoms with Crippen molar-refractivity contribution >= 4 is 23.2 Å². The molecule has 1 nitrogen and oxygen atoms in total. The predicted octanol–water partition coefficient (Wildman–Crippen LogP) is 4.37. The van der Waals surface area contributed by atoms with Crippen LogP contribution >= 0.6 is 23.2 Å². The summed E-state index contributed by atoms with van der Waals surface area (Å²) in [5, 5.41) is 4.01. The topological polar surface area (TPSA) is 12.0 Å². The van der Waals surface area contributed by atoms with Crippen LogP contribution in [-0.2, 0) is 6.54 Å². The quantitative estimate of drug-likeness (QED) is 0.812. The average molecular weight is 290 g/mol. The van der Waals surface area contributed by atoms with E-state index in [9.17, 15) is 4.39 Å². The summed E-state index contributed by atoms with van der Waals surface area (Å²) in [4.78, 5) is 0. The third kappa shape index (κ3) is 3.59. The maximum absolute atomic E-state index is 13.5. The first kappa shape index (κ1) is 14.1. The van der Waals surface area contributed by atoms with Gasteiger partial charge in [-0.3, -0.25) is 0 Å². The molecule has 0 heterocycles. The van der Waals surface area contributed by atoms with Crippen LogP contribution in [0, 0.1) is 11.7 Å². The molecule has 1 aromatic rings. The summed E-state index contributed by atoms with van der Waals surface area (Å²) in [6.45, 7) is 1.30. The van der Waals surface area contributed by atoms with Crippen LogP contribution < -0.4 is 5.32 Å². The maximum atomic E-state index is 13.5. The number of hydrogen-bond donors (Lipinski definition) is 1. The molecule has 2 rings (SSSR count). The number of alkyl halides is 1. The van der Waals surface area contributed by atoms with Crippen molar-refractivity contribution in [2.45, 2.75) is 37.6 Å². The van der Waals surface area contributed by atoms with Crippen molar-refractivity contribution in [3.63, 3.8) is 0 Å². The first-order valence-corrected chi connectivity index (χ1v) is 7.27. The zero-order valence-corrected chi connectivity index (χ0v) is 11.8. The van der Waals surface area contributed by atoms with Crippen LogP contribution in [0.2, 0.25) is 5.02 Å². The third-order valence-electron chi connectivity index (χ3n) is 3.59. The van der Waals surface area contributed by atoms with Gasteiger partial charge in [0.25, 0.3) is 0 Å². The van der Waals surface area contributed by atoms with E-state index in [0.717, 1.165) is 19.4 Å². The van der Waals surface area contributed by atoms with Gasteiger partial charge in [0, 0.05) is 22.5 Å². The molecule has 1 fully saturated rings. The second-order valence-corrected chi connectivity index (χ2v) is 5.86. The zero-order chi connectivity index (χ0) is 13.0. The number of hydrogen-bond acceptors (Lipinski definition) is 1. The highest BCUT2D eigenvalue weighted by Crippen LogP contribution is 2.28. The van der Waals surface area contributed by atoms with Crippen molar-refractivity contribution in [2.24, 2.45) is 5.92 Å². The van der Waals surface area contributed by atoms with E-state index in [-0.39, 0.29) is 11.2 Å². The minimum absolute atomic E-state index is 0.249. The molecule has 4 heteroatoms. The van der Waals surface area contributed by atoms with Gasteiger partial charge in [-0.05, 0) is 37.4 Å². The number of halogens is 3. The summed E-state index contributed by atoms with van der Waals surface area (Å²) in [5.74, 6) is 0.243. The summed E-state index contributed by atoms with van der Waals surface area (Å²) < 4.78 is 13.5. The Balaban J connectivity index is 1.84. The smallest absolute Gasteiger partial charge is 0.129 e.